The van der Waals surface area contributed by atoms with Crippen LogP contribution in [-0.2, 0) is 0 Å². The first kappa shape index (κ1) is 15.9. The van der Waals surface area contributed by atoms with Crippen LogP contribution in [0.5, 0.6) is 0 Å². The van der Waals surface area contributed by atoms with Crippen LogP contribution in [0, 0.1) is 5.82 Å². The molecular formula is C18H18ClFN2O. The Morgan fingerprint density at radius 2 is 1.96 bits per heavy atom. The van der Waals surface area contributed by atoms with E-state index in [0.29, 0.717) is 5.49 Å². The highest BCUT2D eigenvalue weighted by Gasteiger charge is 2.15. The van der Waals surface area contributed by atoms with E-state index in [-0.39, 0.29) is 22.5 Å². The van der Waals surface area contributed by atoms with Gasteiger partial charge < -0.3 is 0 Å². The highest BCUT2D eigenvalue weighted by atomic mass is 35.5. The summed E-state index contributed by atoms with van der Waals surface area (Å²) in [6.07, 6.45) is 7.40. The van der Waals surface area contributed by atoms with Gasteiger partial charge in [-0.15, -0.1) is 0 Å². The molecule has 1 aromatic carbocycles. The van der Waals surface area contributed by atoms with Gasteiger partial charge in [0.1, 0.15) is 11.3 Å². The van der Waals surface area contributed by atoms with Crippen molar-refractivity contribution in [2.75, 3.05) is 0 Å². The molecule has 0 N–H and O–H groups in total. The molecule has 1 aliphatic carbocycles. The van der Waals surface area contributed by atoms with Crippen LogP contribution in [0.4, 0.5) is 4.39 Å². The molecule has 3 rings (SSSR count). The van der Waals surface area contributed by atoms with Crippen molar-refractivity contribution in [3.8, 4) is 0 Å². The number of hydrogen-bond donors (Lipinski definition) is 0. The second-order valence-electron chi connectivity index (χ2n) is 5.78. The molecule has 1 heterocycles. The molecule has 0 bridgehead atoms. The maximum absolute atomic E-state index is 13.2. The van der Waals surface area contributed by atoms with Gasteiger partial charge in [-0.2, -0.15) is 0 Å². The van der Waals surface area contributed by atoms with Crippen LogP contribution in [0.3, 0.4) is 0 Å². The summed E-state index contributed by atoms with van der Waals surface area (Å²) in [5.74, 6) is -0.762. The minimum absolute atomic E-state index is 0.106. The summed E-state index contributed by atoms with van der Waals surface area (Å²) >= 11 is 6.01. The first-order valence-corrected chi connectivity index (χ1v) is 8.24. The van der Waals surface area contributed by atoms with Gasteiger partial charge in [0.05, 0.1) is 16.6 Å². The van der Waals surface area contributed by atoms with Crippen LogP contribution in [-0.4, -0.2) is 16.5 Å². The van der Waals surface area contributed by atoms with Crippen molar-refractivity contribution in [1.82, 2.24) is 4.57 Å². The van der Waals surface area contributed by atoms with Crippen molar-refractivity contribution in [3.05, 3.63) is 64.5 Å². The van der Waals surface area contributed by atoms with E-state index in [4.69, 9.17) is 16.6 Å². The molecule has 1 aliphatic rings. The van der Waals surface area contributed by atoms with Gasteiger partial charge in [-0.1, -0.05) is 36.9 Å². The molecule has 1 saturated carbocycles. The number of hydrogen-bond acceptors (Lipinski definition) is 2. The molecule has 0 spiro atoms. The fraction of sp³-hybridized carbons (Fsp3) is 0.333. The van der Waals surface area contributed by atoms with Gasteiger partial charge in [0.15, 0.2) is 0 Å². The monoisotopic (exact) mass is 332 g/mol. The summed E-state index contributed by atoms with van der Waals surface area (Å²) in [5.41, 5.74) is 0.883. The first-order valence-electron chi connectivity index (χ1n) is 7.86. The van der Waals surface area contributed by atoms with Crippen LogP contribution in [0.25, 0.3) is 0 Å². The molecule has 0 saturated heterocycles. The van der Waals surface area contributed by atoms with E-state index >= 15 is 0 Å². The zero-order chi connectivity index (χ0) is 16.2. The molecule has 3 nitrogen and oxygen atoms in total. The minimum atomic E-state index is -0.461. The van der Waals surface area contributed by atoms with Gasteiger partial charge >= 0.3 is 0 Å². The topological polar surface area (TPSA) is 34.4 Å². The van der Waals surface area contributed by atoms with Gasteiger partial charge in [0.2, 0.25) is 0 Å². The van der Waals surface area contributed by atoms with Crippen molar-refractivity contribution in [1.29, 1.82) is 0 Å². The molecule has 0 atom stereocenters. The number of rotatable bonds is 2. The van der Waals surface area contributed by atoms with Gasteiger partial charge in [0.25, 0.3) is 5.91 Å². The lowest BCUT2D eigenvalue weighted by Crippen LogP contribution is -2.29. The van der Waals surface area contributed by atoms with E-state index in [1.165, 1.54) is 36.0 Å². The Kier molecular flexibility index (Phi) is 4.91. The summed E-state index contributed by atoms with van der Waals surface area (Å²) in [4.78, 5) is 17.5. The molecular weight excluding hydrogens is 315 g/mol. The zero-order valence-corrected chi connectivity index (χ0v) is 13.5. The van der Waals surface area contributed by atoms with Crippen LogP contribution >= 0.6 is 11.6 Å². The average molecular weight is 333 g/mol. The van der Waals surface area contributed by atoms with Gasteiger partial charge in [-0.05, 0) is 43.2 Å². The normalized spacial score (nSPS) is 16.5. The third-order valence-electron chi connectivity index (χ3n) is 4.11. The summed E-state index contributed by atoms with van der Waals surface area (Å²) in [5, 5.41) is 0.106. The number of halogens is 2. The van der Waals surface area contributed by atoms with E-state index in [2.05, 4.69) is 0 Å². The molecule has 5 heteroatoms. The van der Waals surface area contributed by atoms with Gasteiger partial charge in [0, 0.05) is 6.20 Å². The Hall–Kier alpha value is -1.94. The second-order valence-corrected chi connectivity index (χ2v) is 6.19. The van der Waals surface area contributed by atoms with E-state index in [9.17, 15) is 9.18 Å². The quantitative estimate of drug-likeness (QED) is 0.811. The largest absolute Gasteiger partial charge is 0.268 e. The lowest BCUT2D eigenvalue weighted by atomic mass is 9.96. The maximum Gasteiger partial charge on any atom is 0.265 e. The highest BCUT2D eigenvalue weighted by Crippen LogP contribution is 2.20. The first-order chi connectivity index (χ1) is 11.1. The predicted molar refractivity (Wildman–Crippen MR) is 88.0 cm³/mol. The summed E-state index contributed by atoms with van der Waals surface area (Å²) in [6, 6.07) is 9.51. The average Bonchev–Trinajstić information content (AvgIpc) is 2.56. The van der Waals surface area contributed by atoms with Crippen molar-refractivity contribution in [3.63, 3.8) is 0 Å². The highest BCUT2D eigenvalue weighted by molar-refractivity contribution is 6.33. The third-order valence-corrected chi connectivity index (χ3v) is 4.42. The second kappa shape index (κ2) is 7.09. The predicted octanol–water partition coefficient (Wildman–Crippen LogP) is 4.20. The van der Waals surface area contributed by atoms with Gasteiger partial charge in [-0.25, -0.2) is 4.39 Å². The molecule has 23 heavy (non-hydrogen) atoms. The maximum atomic E-state index is 13.2. The number of benzene rings is 1. The van der Waals surface area contributed by atoms with Crippen LogP contribution in [0.1, 0.15) is 42.5 Å². The summed E-state index contributed by atoms with van der Waals surface area (Å²) in [7, 11) is 0. The van der Waals surface area contributed by atoms with Crippen molar-refractivity contribution >= 4 is 17.5 Å². The smallest absolute Gasteiger partial charge is 0.265 e. The van der Waals surface area contributed by atoms with E-state index in [0.717, 1.165) is 18.9 Å². The summed E-state index contributed by atoms with van der Waals surface area (Å²) < 4.78 is 14.7. The Morgan fingerprint density at radius 3 is 2.70 bits per heavy atom. The van der Waals surface area contributed by atoms with Crippen LogP contribution in [0.2, 0.25) is 5.02 Å². The number of pyridine rings is 1. The number of aromatic nitrogens is 1. The van der Waals surface area contributed by atoms with Crippen molar-refractivity contribution < 1.29 is 9.18 Å². The van der Waals surface area contributed by atoms with E-state index in [1.807, 2.05) is 12.1 Å². The van der Waals surface area contributed by atoms with E-state index in [1.54, 1.807) is 12.3 Å². The fourth-order valence-corrected chi connectivity index (χ4v) is 3.15. The molecule has 0 radical (unpaired) electrons. The van der Waals surface area contributed by atoms with Crippen molar-refractivity contribution in [2.45, 2.75) is 38.1 Å². The molecule has 1 fully saturated rings. The van der Waals surface area contributed by atoms with Crippen LogP contribution in [0.15, 0.2) is 47.6 Å². The minimum Gasteiger partial charge on any atom is -0.268 e. The molecule has 120 valence electrons. The van der Waals surface area contributed by atoms with Crippen molar-refractivity contribution in [2.24, 2.45) is 4.99 Å². The number of carbonyl (C=O) groups is 1. The zero-order valence-electron chi connectivity index (χ0n) is 12.7. The Balaban J connectivity index is 1.99. The standard InChI is InChI=1S/C18H18ClFN2O/c19-16-12-13(20)9-10-15(16)18(23)22-11-5-4-8-17(22)21-14-6-2-1-3-7-14/h4-5,8-12,14H,1-3,6-7H2. The third kappa shape index (κ3) is 3.70. The van der Waals surface area contributed by atoms with Gasteiger partial charge in [-0.3, -0.25) is 14.4 Å². The SMILES string of the molecule is O=C(c1ccc(F)cc1Cl)n1ccccc1=NC1CCCCC1. The molecule has 0 unspecified atom stereocenters. The lowest BCUT2D eigenvalue weighted by molar-refractivity contribution is 0.0954. The van der Waals surface area contributed by atoms with E-state index < -0.39 is 5.82 Å². The number of carbonyl (C=O) groups excluding carboxylic acids is 1. The lowest BCUT2D eigenvalue weighted by Gasteiger charge is -2.17. The Bertz CT molecular complexity index is 779. The molecule has 2 aromatic rings. The molecule has 0 aliphatic heterocycles. The Labute approximate surface area is 139 Å². The molecule has 0 amide bonds. The Morgan fingerprint density at radius 1 is 1.17 bits per heavy atom. The molecule has 1 aromatic heterocycles. The number of nitrogens with zero attached hydrogens (tertiary/aromatic N) is 2. The summed E-state index contributed by atoms with van der Waals surface area (Å²) in [6.45, 7) is 0. The fourth-order valence-electron chi connectivity index (χ4n) is 2.90. The van der Waals surface area contributed by atoms with Crippen LogP contribution < -0.4 is 5.49 Å².